The summed E-state index contributed by atoms with van der Waals surface area (Å²) in [5.41, 5.74) is 0. The van der Waals surface area contributed by atoms with Crippen molar-refractivity contribution in [3.63, 3.8) is 0 Å². The molecule has 2 aliphatic heterocycles. The highest BCUT2D eigenvalue weighted by atomic mass is 32.2. The molecule has 1 aromatic carbocycles. The van der Waals surface area contributed by atoms with Crippen LogP contribution in [0.4, 0.5) is 8.78 Å². The molecule has 0 spiro atoms. The number of halogens is 2. The Morgan fingerprint density at radius 1 is 1.03 bits per heavy atom. The molecule has 2 saturated heterocycles. The minimum Gasteiger partial charge on any atom is -0.459 e. The van der Waals surface area contributed by atoms with Crippen molar-refractivity contribution in [2.24, 2.45) is 0 Å². The molecule has 31 heavy (non-hydrogen) atoms. The fourth-order valence-electron chi connectivity index (χ4n) is 3.98. The number of piperazine rings is 1. The van der Waals surface area contributed by atoms with Gasteiger partial charge >= 0.3 is 0 Å². The number of amides is 2. The molecule has 11 heteroatoms. The van der Waals surface area contributed by atoms with E-state index in [0.717, 1.165) is 16.4 Å². The van der Waals surface area contributed by atoms with Crippen LogP contribution in [0.1, 0.15) is 23.4 Å². The number of benzene rings is 1. The summed E-state index contributed by atoms with van der Waals surface area (Å²) in [5.74, 6) is -2.34. The molecule has 0 bridgehead atoms. The van der Waals surface area contributed by atoms with Crippen LogP contribution in [0.25, 0.3) is 0 Å². The highest BCUT2D eigenvalue weighted by Crippen LogP contribution is 2.25. The third-order valence-electron chi connectivity index (χ3n) is 5.59. The molecule has 0 saturated carbocycles. The first kappa shape index (κ1) is 21.4. The van der Waals surface area contributed by atoms with Crippen molar-refractivity contribution in [3.05, 3.63) is 54.0 Å². The van der Waals surface area contributed by atoms with Gasteiger partial charge in [0.2, 0.25) is 15.9 Å². The Labute approximate surface area is 178 Å². The van der Waals surface area contributed by atoms with E-state index in [9.17, 15) is 26.8 Å². The molecule has 0 aliphatic carbocycles. The molecule has 4 rings (SSSR count). The number of sulfonamides is 1. The Morgan fingerprint density at radius 3 is 2.45 bits per heavy atom. The summed E-state index contributed by atoms with van der Waals surface area (Å²) in [5, 5.41) is 0. The highest BCUT2D eigenvalue weighted by molar-refractivity contribution is 7.89. The molecule has 2 amide bonds. The van der Waals surface area contributed by atoms with Crippen LogP contribution >= 0.6 is 0 Å². The molecule has 2 fully saturated rings. The van der Waals surface area contributed by atoms with Crippen molar-refractivity contribution in [1.29, 1.82) is 0 Å². The maximum absolute atomic E-state index is 14.0. The second-order valence-corrected chi connectivity index (χ2v) is 9.34. The van der Waals surface area contributed by atoms with Gasteiger partial charge < -0.3 is 14.2 Å². The quantitative estimate of drug-likeness (QED) is 0.703. The van der Waals surface area contributed by atoms with Crippen LogP contribution in [0.3, 0.4) is 0 Å². The summed E-state index contributed by atoms with van der Waals surface area (Å²) in [6.07, 6.45) is 2.58. The molecule has 2 aromatic rings. The topological polar surface area (TPSA) is 91.1 Å². The van der Waals surface area contributed by atoms with Crippen molar-refractivity contribution < 1.29 is 31.2 Å². The van der Waals surface area contributed by atoms with Crippen molar-refractivity contribution in [3.8, 4) is 0 Å². The van der Waals surface area contributed by atoms with E-state index in [1.54, 1.807) is 6.07 Å². The lowest BCUT2D eigenvalue weighted by molar-refractivity contribution is -0.136. The van der Waals surface area contributed by atoms with E-state index in [-0.39, 0.29) is 43.8 Å². The molecule has 1 aromatic heterocycles. The second kappa shape index (κ2) is 8.39. The summed E-state index contributed by atoms with van der Waals surface area (Å²) >= 11 is 0. The minimum atomic E-state index is -4.23. The number of carbonyl (C=O) groups excluding carboxylic acids is 2. The molecule has 8 nitrogen and oxygen atoms in total. The van der Waals surface area contributed by atoms with Gasteiger partial charge in [-0.25, -0.2) is 17.2 Å². The van der Waals surface area contributed by atoms with Crippen LogP contribution in [0, 0.1) is 11.6 Å². The van der Waals surface area contributed by atoms with Gasteiger partial charge in [-0.05, 0) is 43.2 Å². The molecule has 166 valence electrons. The fraction of sp³-hybridized carbons (Fsp3) is 0.400. The molecule has 3 heterocycles. The Bertz CT molecular complexity index is 1080. The van der Waals surface area contributed by atoms with Crippen LogP contribution in [0.2, 0.25) is 0 Å². The Balaban J connectivity index is 1.43. The van der Waals surface area contributed by atoms with E-state index in [1.807, 2.05) is 0 Å². The van der Waals surface area contributed by atoms with Crippen LogP contribution in [0.15, 0.2) is 45.9 Å². The minimum absolute atomic E-state index is 0.0527. The van der Waals surface area contributed by atoms with E-state index in [2.05, 4.69) is 0 Å². The summed E-state index contributed by atoms with van der Waals surface area (Å²) in [6, 6.07) is 4.77. The van der Waals surface area contributed by atoms with Gasteiger partial charge in [0.25, 0.3) is 5.91 Å². The molecule has 0 N–H and O–H groups in total. The third kappa shape index (κ3) is 4.07. The number of hydrogen-bond donors (Lipinski definition) is 0. The molecular weight excluding hydrogens is 432 g/mol. The first-order chi connectivity index (χ1) is 14.8. The van der Waals surface area contributed by atoms with Gasteiger partial charge in [-0.1, -0.05) is 0 Å². The third-order valence-corrected chi connectivity index (χ3v) is 7.51. The van der Waals surface area contributed by atoms with Crippen molar-refractivity contribution in [2.75, 3.05) is 32.7 Å². The lowest BCUT2D eigenvalue weighted by atomic mass is 10.1. The van der Waals surface area contributed by atoms with Crippen LogP contribution in [-0.2, 0) is 14.8 Å². The normalized spacial score (nSPS) is 20.3. The van der Waals surface area contributed by atoms with Crippen LogP contribution in [0.5, 0.6) is 0 Å². The average Bonchev–Trinajstić information content (AvgIpc) is 3.47. The Morgan fingerprint density at radius 2 is 1.77 bits per heavy atom. The summed E-state index contributed by atoms with van der Waals surface area (Å²) in [7, 11) is -4.23. The van der Waals surface area contributed by atoms with Gasteiger partial charge in [0.05, 0.1) is 6.26 Å². The molecule has 1 atom stereocenters. The zero-order valence-corrected chi connectivity index (χ0v) is 17.4. The summed E-state index contributed by atoms with van der Waals surface area (Å²) in [4.78, 5) is 27.9. The maximum Gasteiger partial charge on any atom is 0.290 e. The fourth-order valence-corrected chi connectivity index (χ4v) is 5.48. The van der Waals surface area contributed by atoms with Crippen molar-refractivity contribution in [2.45, 2.75) is 23.8 Å². The number of nitrogens with zero attached hydrogens (tertiary/aromatic N) is 3. The molecule has 0 unspecified atom stereocenters. The van der Waals surface area contributed by atoms with Crippen molar-refractivity contribution >= 4 is 21.8 Å². The van der Waals surface area contributed by atoms with Gasteiger partial charge in [0.1, 0.15) is 22.6 Å². The van der Waals surface area contributed by atoms with E-state index in [4.69, 9.17) is 4.42 Å². The van der Waals surface area contributed by atoms with Gasteiger partial charge in [0, 0.05) is 32.7 Å². The molecule has 2 aliphatic rings. The smallest absolute Gasteiger partial charge is 0.290 e. The monoisotopic (exact) mass is 453 g/mol. The summed E-state index contributed by atoms with van der Waals surface area (Å²) < 4.78 is 59.0. The van der Waals surface area contributed by atoms with Gasteiger partial charge in [-0.2, -0.15) is 4.31 Å². The van der Waals surface area contributed by atoms with E-state index >= 15 is 0 Å². The van der Waals surface area contributed by atoms with Gasteiger partial charge in [0.15, 0.2) is 5.76 Å². The highest BCUT2D eigenvalue weighted by Gasteiger charge is 2.39. The van der Waals surface area contributed by atoms with E-state index in [1.165, 1.54) is 22.1 Å². The zero-order chi connectivity index (χ0) is 22.2. The largest absolute Gasteiger partial charge is 0.459 e. The number of likely N-dealkylation sites (tertiary alicyclic amines) is 1. The van der Waals surface area contributed by atoms with E-state index in [0.29, 0.717) is 25.5 Å². The van der Waals surface area contributed by atoms with Crippen LogP contribution < -0.4 is 0 Å². The standard InChI is InChI=1S/C20H21F2N3O5S/c21-14-5-6-15(22)18(13-14)31(28,29)24-10-8-23(9-11-24)19(26)16-3-1-7-25(16)20(27)17-4-2-12-30-17/h2,4-6,12-13,16H,1,3,7-11H2/t16-/m0/s1. The second-order valence-electron chi connectivity index (χ2n) is 7.44. The lowest BCUT2D eigenvalue weighted by Crippen LogP contribution is -2.55. The van der Waals surface area contributed by atoms with E-state index < -0.39 is 32.6 Å². The van der Waals surface area contributed by atoms with Gasteiger partial charge in [-0.15, -0.1) is 0 Å². The zero-order valence-electron chi connectivity index (χ0n) is 16.5. The first-order valence-corrected chi connectivity index (χ1v) is 11.3. The maximum atomic E-state index is 14.0. The average molecular weight is 453 g/mol. The van der Waals surface area contributed by atoms with Crippen LogP contribution in [-0.4, -0.2) is 73.1 Å². The number of rotatable bonds is 4. The molecule has 0 radical (unpaired) electrons. The van der Waals surface area contributed by atoms with Crippen molar-refractivity contribution in [1.82, 2.24) is 14.1 Å². The number of carbonyl (C=O) groups is 2. The molecular formula is C20H21F2N3O5S. The lowest BCUT2D eigenvalue weighted by Gasteiger charge is -2.36. The SMILES string of the molecule is O=C([C@@H]1CCCN1C(=O)c1ccco1)N1CCN(S(=O)(=O)c2cc(F)ccc2F)CC1. The Hall–Kier alpha value is -2.79. The number of furan rings is 1. The number of hydrogen-bond acceptors (Lipinski definition) is 5. The first-order valence-electron chi connectivity index (χ1n) is 9.87. The Kier molecular flexibility index (Phi) is 5.80. The predicted molar refractivity (Wildman–Crippen MR) is 104 cm³/mol. The predicted octanol–water partition coefficient (Wildman–Crippen LogP) is 1.70. The van der Waals surface area contributed by atoms with Gasteiger partial charge in [-0.3, -0.25) is 9.59 Å². The summed E-state index contributed by atoms with van der Waals surface area (Å²) in [6.45, 7) is 0.511.